The molecular weight excluding hydrogens is 333 g/mol. The standard InChI is InChI=1S/C19H18FN5O/c20-16-11-21-6-5-13(16)9-19-22-12-17(23-24-19)15-4-3-14(10-18(15)26)25-7-1-2-8-25/h1-4,7-10,12,16,21,26H,5-6,11H2/b13-9-/t16-/m0/s1. The summed E-state index contributed by atoms with van der Waals surface area (Å²) in [4.78, 5) is 4.24. The monoisotopic (exact) mass is 351 g/mol. The predicted molar refractivity (Wildman–Crippen MR) is 96.6 cm³/mol. The van der Waals surface area contributed by atoms with Crippen LogP contribution < -0.4 is 5.32 Å². The Hall–Kier alpha value is -3.06. The molecule has 0 unspecified atom stereocenters. The van der Waals surface area contributed by atoms with Gasteiger partial charge in [-0.25, -0.2) is 9.37 Å². The molecule has 132 valence electrons. The molecule has 1 atom stereocenters. The number of nitrogens with zero attached hydrogens (tertiary/aromatic N) is 4. The number of phenols is 1. The summed E-state index contributed by atoms with van der Waals surface area (Å²) in [5.41, 5.74) is 2.53. The molecule has 3 aromatic rings. The van der Waals surface area contributed by atoms with E-state index in [0.29, 0.717) is 35.6 Å². The van der Waals surface area contributed by atoms with E-state index in [4.69, 9.17) is 0 Å². The third-order valence-electron chi connectivity index (χ3n) is 4.37. The smallest absolute Gasteiger partial charge is 0.174 e. The van der Waals surface area contributed by atoms with Crippen molar-refractivity contribution in [3.63, 3.8) is 0 Å². The first-order chi connectivity index (χ1) is 12.7. The second-order valence-corrected chi connectivity index (χ2v) is 6.13. The number of rotatable bonds is 3. The highest BCUT2D eigenvalue weighted by Gasteiger charge is 2.18. The van der Waals surface area contributed by atoms with Gasteiger partial charge in [0, 0.05) is 36.3 Å². The molecule has 2 N–H and O–H groups in total. The number of benzene rings is 1. The molecule has 0 amide bonds. The Morgan fingerprint density at radius 2 is 2.08 bits per heavy atom. The molecule has 0 bridgehead atoms. The quantitative estimate of drug-likeness (QED) is 0.759. The molecular formula is C19H18FN5O. The van der Waals surface area contributed by atoms with Crippen LogP contribution >= 0.6 is 0 Å². The van der Waals surface area contributed by atoms with E-state index in [1.165, 1.54) is 6.20 Å². The lowest BCUT2D eigenvalue weighted by Gasteiger charge is -2.19. The van der Waals surface area contributed by atoms with E-state index >= 15 is 0 Å². The highest BCUT2D eigenvalue weighted by Crippen LogP contribution is 2.29. The molecule has 2 aromatic heterocycles. The number of hydrogen-bond donors (Lipinski definition) is 2. The van der Waals surface area contributed by atoms with Gasteiger partial charge in [-0.05, 0) is 48.9 Å². The van der Waals surface area contributed by atoms with Crippen molar-refractivity contribution in [3.05, 3.63) is 60.3 Å². The second kappa shape index (κ2) is 7.05. The van der Waals surface area contributed by atoms with Crippen LogP contribution in [-0.2, 0) is 0 Å². The summed E-state index contributed by atoms with van der Waals surface area (Å²) in [6.45, 7) is 1.07. The van der Waals surface area contributed by atoms with Crippen LogP contribution in [0.25, 0.3) is 23.0 Å². The zero-order valence-corrected chi connectivity index (χ0v) is 14.0. The van der Waals surface area contributed by atoms with Crippen molar-refractivity contribution < 1.29 is 9.50 Å². The van der Waals surface area contributed by atoms with Gasteiger partial charge in [-0.1, -0.05) is 0 Å². The highest BCUT2D eigenvalue weighted by molar-refractivity contribution is 5.68. The lowest BCUT2D eigenvalue weighted by molar-refractivity contribution is 0.334. The number of alkyl halides is 1. The number of nitrogens with one attached hydrogen (secondary N) is 1. The number of aromatic nitrogens is 4. The number of halogens is 1. The van der Waals surface area contributed by atoms with Crippen molar-refractivity contribution >= 4 is 6.08 Å². The Morgan fingerprint density at radius 3 is 2.77 bits per heavy atom. The topological polar surface area (TPSA) is 75.9 Å². The van der Waals surface area contributed by atoms with E-state index in [9.17, 15) is 9.50 Å². The van der Waals surface area contributed by atoms with Gasteiger partial charge in [0.1, 0.15) is 17.6 Å². The van der Waals surface area contributed by atoms with E-state index in [0.717, 1.165) is 12.2 Å². The molecule has 0 spiro atoms. The van der Waals surface area contributed by atoms with Gasteiger partial charge < -0.3 is 15.0 Å². The van der Waals surface area contributed by atoms with Crippen molar-refractivity contribution in [1.82, 2.24) is 25.1 Å². The maximum atomic E-state index is 13.8. The fourth-order valence-electron chi connectivity index (χ4n) is 2.96. The average molecular weight is 351 g/mol. The van der Waals surface area contributed by atoms with Crippen molar-refractivity contribution in [1.29, 1.82) is 0 Å². The normalized spacial score (nSPS) is 19.0. The van der Waals surface area contributed by atoms with Crippen LogP contribution in [-0.4, -0.2) is 44.1 Å². The molecule has 1 aliphatic heterocycles. The van der Waals surface area contributed by atoms with E-state index in [1.54, 1.807) is 18.2 Å². The van der Waals surface area contributed by atoms with Crippen molar-refractivity contribution in [2.45, 2.75) is 12.6 Å². The third kappa shape index (κ3) is 3.34. The van der Waals surface area contributed by atoms with Crippen LogP contribution in [0.3, 0.4) is 0 Å². The molecule has 6 nitrogen and oxygen atoms in total. The van der Waals surface area contributed by atoms with Gasteiger partial charge >= 0.3 is 0 Å². The second-order valence-electron chi connectivity index (χ2n) is 6.13. The first kappa shape index (κ1) is 16.4. The SMILES string of the molecule is Oc1cc(-n2cccc2)ccc1-c1cnc(/C=C2/CCNC[C@@H]2F)nn1. The molecule has 0 aliphatic carbocycles. The number of piperidine rings is 1. The molecule has 7 heteroatoms. The van der Waals surface area contributed by atoms with Crippen LogP contribution in [0.1, 0.15) is 12.2 Å². The zero-order chi connectivity index (χ0) is 17.9. The fourth-order valence-corrected chi connectivity index (χ4v) is 2.96. The molecule has 4 rings (SSSR count). The van der Waals surface area contributed by atoms with E-state index in [-0.39, 0.29) is 5.75 Å². The molecule has 1 saturated heterocycles. The van der Waals surface area contributed by atoms with E-state index in [1.807, 2.05) is 35.2 Å². The molecule has 1 aliphatic rings. The summed E-state index contributed by atoms with van der Waals surface area (Å²) in [5.74, 6) is 0.470. The largest absolute Gasteiger partial charge is 0.507 e. The minimum Gasteiger partial charge on any atom is -0.507 e. The van der Waals surface area contributed by atoms with Gasteiger partial charge in [-0.15, -0.1) is 10.2 Å². The minimum absolute atomic E-state index is 0.0978. The van der Waals surface area contributed by atoms with Gasteiger partial charge in [0.15, 0.2) is 5.82 Å². The third-order valence-corrected chi connectivity index (χ3v) is 4.37. The fraction of sp³-hybridized carbons (Fsp3) is 0.211. The van der Waals surface area contributed by atoms with Crippen LogP contribution in [0.4, 0.5) is 4.39 Å². The van der Waals surface area contributed by atoms with Crippen LogP contribution in [0, 0.1) is 0 Å². The number of hydrogen-bond acceptors (Lipinski definition) is 5. The Morgan fingerprint density at radius 1 is 1.23 bits per heavy atom. The van der Waals surface area contributed by atoms with Crippen LogP contribution in [0.15, 0.2) is 54.5 Å². The Bertz CT molecular complexity index is 922. The maximum absolute atomic E-state index is 13.8. The van der Waals surface area contributed by atoms with E-state index < -0.39 is 6.17 Å². The van der Waals surface area contributed by atoms with Crippen molar-refractivity contribution in [2.75, 3.05) is 13.1 Å². The molecule has 0 radical (unpaired) electrons. The molecule has 1 aromatic carbocycles. The zero-order valence-electron chi connectivity index (χ0n) is 14.0. The van der Waals surface area contributed by atoms with Crippen LogP contribution in [0.5, 0.6) is 5.75 Å². The summed E-state index contributed by atoms with van der Waals surface area (Å²) in [6, 6.07) is 9.15. The molecule has 0 saturated carbocycles. The molecule has 1 fully saturated rings. The van der Waals surface area contributed by atoms with Gasteiger partial charge in [0.25, 0.3) is 0 Å². The Balaban J connectivity index is 1.58. The lowest BCUT2D eigenvalue weighted by Crippen LogP contribution is -2.32. The minimum atomic E-state index is -1.02. The average Bonchev–Trinajstić information content (AvgIpc) is 3.19. The lowest BCUT2D eigenvalue weighted by atomic mass is 10.0. The summed E-state index contributed by atoms with van der Waals surface area (Å²) >= 11 is 0. The van der Waals surface area contributed by atoms with Gasteiger partial charge in [-0.3, -0.25) is 0 Å². The van der Waals surface area contributed by atoms with E-state index in [2.05, 4.69) is 20.5 Å². The van der Waals surface area contributed by atoms with Crippen molar-refractivity contribution in [3.8, 4) is 22.7 Å². The van der Waals surface area contributed by atoms with Gasteiger partial charge in [-0.2, -0.15) is 0 Å². The summed E-state index contributed by atoms with van der Waals surface area (Å²) < 4.78 is 15.7. The van der Waals surface area contributed by atoms with Crippen molar-refractivity contribution in [2.24, 2.45) is 0 Å². The molecule has 3 heterocycles. The predicted octanol–water partition coefficient (Wildman–Crippen LogP) is 2.75. The van der Waals surface area contributed by atoms with Gasteiger partial charge in [0.2, 0.25) is 0 Å². The number of aromatic hydroxyl groups is 1. The summed E-state index contributed by atoms with van der Waals surface area (Å²) in [5, 5.41) is 21.5. The Labute approximate surface area is 150 Å². The number of phenolic OH excluding ortho intramolecular Hbond substituents is 1. The highest BCUT2D eigenvalue weighted by atomic mass is 19.1. The maximum Gasteiger partial charge on any atom is 0.174 e. The Kier molecular flexibility index (Phi) is 4.45. The van der Waals surface area contributed by atoms with Crippen LogP contribution in [0.2, 0.25) is 0 Å². The first-order valence-electron chi connectivity index (χ1n) is 8.42. The summed E-state index contributed by atoms with van der Waals surface area (Å²) in [7, 11) is 0. The van der Waals surface area contributed by atoms with Gasteiger partial charge in [0.05, 0.1) is 6.20 Å². The molecule has 26 heavy (non-hydrogen) atoms. The summed E-state index contributed by atoms with van der Waals surface area (Å²) in [6.07, 6.45) is 6.61. The first-order valence-corrected chi connectivity index (χ1v) is 8.42.